The minimum absolute atomic E-state index is 0.0604. The number of carbonyl (C=O) groups is 1. The number of nitrogens with zero attached hydrogens (tertiary/aromatic N) is 1. The van der Waals surface area contributed by atoms with Gasteiger partial charge in [-0.15, -0.1) is 0 Å². The Balaban J connectivity index is 2.05. The molecule has 3 atom stereocenters. The third kappa shape index (κ3) is 5.03. The van der Waals surface area contributed by atoms with Gasteiger partial charge in [0.25, 0.3) is 0 Å². The van der Waals surface area contributed by atoms with Crippen LogP contribution in [0.4, 0.5) is 0 Å². The van der Waals surface area contributed by atoms with Crippen LogP contribution in [0.2, 0.25) is 0 Å². The molecular weight excluding hydrogens is 302 g/mol. The number of carbonyl (C=O) groups excluding carboxylic acids is 1. The molecule has 0 radical (unpaired) electrons. The van der Waals surface area contributed by atoms with Crippen LogP contribution in [-0.2, 0) is 9.53 Å². The molecule has 1 fully saturated rings. The molecule has 5 heteroatoms. The van der Waals surface area contributed by atoms with Crippen LogP contribution in [0.15, 0.2) is 24.3 Å². The first-order chi connectivity index (χ1) is 11.5. The van der Waals surface area contributed by atoms with Crippen molar-refractivity contribution in [1.82, 2.24) is 10.2 Å². The van der Waals surface area contributed by atoms with Crippen molar-refractivity contribution in [2.75, 3.05) is 32.8 Å². The molecule has 0 spiro atoms. The summed E-state index contributed by atoms with van der Waals surface area (Å²) in [5.41, 5.74) is 8.51. The average molecular weight is 333 g/mol. The lowest BCUT2D eigenvalue weighted by Crippen LogP contribution is -2.48. The van der Waals surface area contributed by atoms with Gasteiger partial charge in [0.05, 0.1) is 25.3 Å². The Bertz CT molecular complexity index is 512. The van der Waals surface area contributed by atoms with Crippen molar-refractivity contribution in [3.05, 3.63) is 35.4 Å². The van der Waals surface area contributed by atoms with E-state index < -0.39 is 6.04 Å². The highest BCUT2D eigenvalue weighted by Crippen LogP contribution is 2.22. The largest absolute Gasteiger partial charge is 0.379 e. The van der Waals surface area contributed by atoms with Crippen LogP contribution < -0.4 is 11.1 Å². The zero-order valence-corrected chi connectivity index (χ0v) is 15.1. The van der Waals surface area contributed by atoms with E-state index in [1.807, 2.05) is 6.92 Å². The molecular formula is C19H31N3O2. The number of hydrogen-bond donors (Lipinski definition) is 2. The number of rotatable bonds is 7. The molecule has 1 aromatic carbocycles. The number of hydrogen-bond acceptors (Lipinski definition) is 4. The number of morpholine rings is 1. The van der Waals surface area contributed by atoms with Crippen LogP contribution >= 0.6 is 0 Å². The summed E-state index contributed by atoms with van der Waals surface area (Å²) < 4.78 is 5.47. The van der Waals surface area contributed by atoms with Gasteiger partial charge in [-0.3, -0.25) is 9.69 Å². The summed E-state index contributed by atoms with van der Waals surface area (Å²) >= 11 is 0. The Kier molecular flexibility index (Phi) is 7.21. The number of nitrogens with two attached hydrogens (primary N) is 1. The summed E-state index contributed by atoms with van der Waals surface area (Å²) in [6.45, 7) is 9.97. The van der Waals surface area contributed by atoms with Crippen molar-refractivity contribution in [3.63, 3.8) is 0 Å². The Morgan fingerprint density at radius 2 is 1.92 bits per heavy atom. The molecule has 1 aromatic rings. The van der Waals surface area contributed by atoms with E-state index in [2.05, 4.69) is 48.3 Å². The monoisotopic (exact) mass is 333 g/mol. The van der Waals surface area contributed by atoms with Crippen LogP contribution in [0.3, 0.4) is 0 Å². The van der Waals surface area contributed by atoms with Gasteiger partial charge in [-0.05, 0) is 18.4 Å². The normalized spacial score (nSPS) is 19.5. The van der Waals surface area contributed by atoms with Gasteiger partial charge in [0, 0.05) is 19.6 Å². The molecule has 2 rings (SSSR count). The molecule has 0 aliphatic carbocycles. The van der Waals surface area contributed by atoms with Crippen LogP contribution in [0.5, 0.6) is 0 Å². The minimum Gasteiger partial charge on any atom is -0.379 e. The Labute approximate surface area is 145 Å². The van der Waals surface area contributed by atoms with E-state index in [9.17, 15) is 4.79 Å². The molecule has 3 unspecified atom stereocenters. The summed E-state index contributed by atoms with van der Waals surface area (Å²) in [4.78, 5) is 14.7. The molecule has 0 bridgehead atoms. The second-order valence-electron chi connectivity index (χ2n) is 6.73. The number of aryl methyl sites for hydroxylation is 1. The van der Waals surface area contributed by atoms with Crippen molar-refractivity contribution < 1.29 is 9.53 Å². The van der Waals surface area contributed by atoms with Gasteiger partial charge >= 0.3 is 0 Å². The first kappa shape index (κ1) is 18.9. The standard InChI is InChI=1S/C19H31N3O2/c1-4-15(3)18(20)19(23)21-13-17(22-9-11-24-12-10-22)16-7-5-14(2)6-8-16/h5-8,15,17-18H,4,9-13,20H2,1-3H3,(H,21,23). The Hall–Kier alpha value is -1.43. The van der Waals surface area contributed by atoms with Crippen LogP contribution in [-0.4, -0.2) is 49.7 Å². The molecule has 1 aliphatic heterocycles. The maximum Gasteiger partial charge on any atom is 0.237 e. The van der Waals surface area contributed by atoms with Gasteiger partial charge in [0.1, 0.15) is 0 Å². The summed E-state index contributed by atoms with van der Waals surface area (Å²) in [6.07, 6.45) is 0.902. The van der Waals surface area contributed by atoms with Crippen LogP contribution in [0.25, 0.3) is 0 Å². The van der Waals surface area contributed by atoms with Crippen LogP contribution in [0.1, 0.15) is 37.4 Å². The summed E-state index contributed by atoms with van der Waals surface area (Å²) in [5, 5.41) is 3.06. The quantitative estimate of drug-likeness (QED) is 0.799. The molecule has 0 aromatic heterocycles. The molecule has 0 saturated carbocycles. The minimum atomic E-state index is -0.446. The average Bonchev–Trinajstić information content (AvgIpc) is 2.62. The summed E-state index contributed by atoms with van der Waals surface area (Å²) in [7, 11) is 0. The molecule has 1 amide bonds. The zero-order chi connectivity index (χ0) is 17.5. The van der Waals surface area contributed by atoms with Gasteiger partial charge in [0.15, 0.2) is 0 Å². The number of benzene rings is 1. The van der Waals surface area contributed by atoms with Crippen molar-refractivity contribution in [1.29, 1.82) is 0 Å². The third-order valence-corrected chi connectivity index (χ3v) is 4.98. The SMILES string of the molecule is CCC(C)C(N)C(=O)NCC(c1ccc(C)cc1)N1CCOCC1. The molecule has 1 heterocycles. The van der Waals surface area contributed by atoms with Gasteiger partial charge in [-0.2, -0.15) is 0 Å². The second-order valence-corrected chi connectivity index (χ2v) is 6.73. The first-order valence-electron chi connectivity index (χ1n) is 8.94. The molecule has 5 nitrogen and oxygen atoms in total. The van der Waals surface area contributed by atoms with E-state index in [1.54, 1.807) is 0 Å². The summed E-state index contributed by atoms with van der Waals surface area (Å²) in [5.74, 6) is 0.126. The maximum atomic E-state index is 12.3. The predicted molar refractivity (Wildman–Crippen MR) is 96.8 cm³/mol. The van der Waals surface area contributed by atoms with E-state index in [0.717, 1.165) is 32.7 Å². The Morgan fingerprint density at radius 1 is 1.29 bits per heavy atom. The molecule has 1 saturated heterocycles. The fourth-order valence-corrected chi connectivity index (χ4v) is 2.96. The van der Waals surface area contributed by atoms with Gasteiger partial charge < -0.3 is 15.8 Å². The highest BCUT2D eigenvalue weighted by atomic mass is 16.5. The van der Waals surface area contributed by atoms with E-state index >= 15 is 0 Å². The topological polar surface area (TPSA) is 67.6 Å². The fraction of sp³-hybridized carbons (Fsp3) is 0.632. The number of ether oxygens (including phenoxy) is 1. The highest BCUT2D eigenvalue weighted by Gasteiger charge is 2.25. The lowest BCUT2D eigenvalue weighted by Gasteiger charge is -2.35. The van der Waals surface area contributed by atoms with Gasteiger partial charge in [0.2, 0.25) is 5.91 Å². The van der Waals surface area contributed by atoms with Gasteiger partial charge in [-0.25, -0.2) is 0 Å². The van der Waals surface area contributed by atoms with E-state index in [0.29, 0.717) is 6.54 Å². The Morgan fingerprint density at radius 3 is 2.50 bits per heavy atom. The molecule has 1 aliphatic rings. The zero-order valence-electron chi connectivity index (χ0n) is 15.1. The second kappa shape index (κ2) is 9.16. The van der Waals surface area contributed by atoms with Gasteiger partial charge in [-0.1, -0.05) is 50.1 Å². The molecule has 134 valence electrons. The van der Waals surface area contributed by atoms with E-state index in [-0.39, 0.29) is 17.9 Å². The van der Waals surface area contributed by atoms with Crippen molar-refractivity contribution >= 4 is 5.91 Å². The maximum absolute atomic E-state index is 12.3. The molecule has 24 heavy (non-hydrogen) atoms. The third-order valence-electron chi connectivity index (χ3n) is 4.98. The number of amides is 1. The van der Waals surface area contributed by atoms with Crippen molar-refractivity contribution in [3.8, 4) is 0 Å². The highest BCUT2D eigenvalue weighted by molar-refractivity contribution is 5.81. The van der Waals surface area contributed by atoms with Crippen molar-refractivity contribution in [2.45, 2.75) is 39.3 Å². The fourth-order valence-electron chi connectivity index (χ4n) is 2.96. The lowest BCUT2D eigenvalue weighted by molar-refractivity contribution is -0.123. The summed E-state index contributed by atoms with van der Waals surface area (Å²) in [6, 6.07) is 8.25. The van der Waals surface area contributed by atoms with Crippen LogP contribution in [0, 0.1) is 12.8 Å². The smallest absolute Gasteiger partial charge is 0.237 e. The number of nitrogens with one attached hydrogen (secondary N) is 1. The van der Waals surface area contributed by atoms with Crippen molar-refractivity contribution in [2.24, 2.45) is 11.7 Å². The predicted octanol–water partition coefficient (Wildman–Crippen LogP) is 1.86. The van der Waals surface area contributed by atoms with E-state index in [1.165, 1.54) is 11.1 Å². The first-order valence-corrected chi connectivity index (χ1v) is 8.94. The molecule has 3 N–H and O–H groups in total. The lowest BCUT2D eigenvalue weighted by atomic mass is 9.99. The van der Waals surface area contributed by atoms with E-state index in [4.69, 9.17) is 10.5 Å².